The van der Waals surface area contributed by atoms with Crippen LogP contribution in [0.25, 0.3) is 0 Å². The Labute approximate surface area is 114 Å². The number of nitrogens with one attached hydrogen (secondary N) is 1. The highest BCUT2D eigenvalue weighted by atomic mass is 35.5. The molecule has 1 aliphatic heterocycles. The Balaban J connectivity index is 2.35. The molecule has 19 heavy (non-hydrogen) atoms. The number of imide groups is 1. The molecule has 0 aliphatic carbocycles. The Morgan fingerprint density at radius 2 is 2.16 bits per heavy atom. The maximum atomic E-state index is 11.8. The minimum Gasteiger partial charge on any atom is -0.465 e. The number of carbonyl (C=O) groups excluding carboxylic acids is 3. The fourth-order valence-electron chi connectivity index (χ4n) is 2.05. The molecule has 1 aromatic rings. The smallest absolute Gasteiger partial charge is 0.337 e. The number of benzene rings is 1. The average molecular weight is 282 g/mol. The van der Waals surface area contributed by atoms with Crippen molar-refractivity contribution in [1.29, 1.82) is 0 Å². The van der Waals surface area contributed by atoms with Crippen molar-refractivity contribution in [3.8, 4) is 0 Å². The van der Waals surface area contributed by atoms with Crippen LogP contribution >= 0.6 is 11.6 Å². The first kappa shape index (κ1) is 13.5. The monoisotopic (exact) mass is 281 g/mol. The number of hydrogen-bond acceptors (Lipinski definition) is 4. The van der Waals surface area contributed by atoms with Crippen LogP contribution in [0.1, 0.15) is 34.7 Å². The van der Waals surface area contributed by atoms with Gasteiger partial charge in [0.25, 0.3) is 0 Å². The molecule has 1 fully saturated rings. The predicted molar refractivity (Wildman–Crippen MR) is 67.9 cm³/mol. The van der Waals surface area contributed by atoms with E-state index in [9.17, 15) is 14.4 Å². The summed E-state index contributed by atoms with van der Waals surface area (Å²) in [7, 11) is 1.28. The third-order valence-corrected chi connectivity index (χ3v) is 3.38. The summed E-state index contributed by atoms with van der Waals surface area (Å²) in [5.74, 6) is -1.69. The SMILES string of the molecule is COC(=O)c1ccc(Cl)c(C2CCC(=O)NC2=O)c1. The number of amides is 2. The molecule has 1 saturated heterocycles. The van der Waals surface area contributed by atoms with Crippen molar-refractivity contribution in [3.63, 3.8) is 0 Å². The molecule has 0 spiro atoms. The summed E-state index contributed by atoms with van der Waals surface area (Å²) in [6.45, 7) is 0. The van der Waals surface area contributed by atoms with E-state index in [0.717, 1.165) is 0 Å². The second-order valence-corrected chi connectivity index (χ2v) is 4.64. The van der Waals surface area contributed by atoms with E-state index in [1.54, 1.807) is 6.07 Å². The van der Waals surface area contributed by atoms with Crippen LogP contribution in [0, 0.1) is 0 Å². The fraction of sp³-hybridized carbons (Fsp3) is 0.308. The van der Waals surface area contributed by atoms with Gasteiger partial charge >= 0.3 is 5.97 Å². The highest BCUT2D eigenvalue weighted by Gasteiger charge is 2.29. The van der Waals surface area contributed by atoms with E-state index >= 15 is 0 Å². The van der Waals surface area contributed by atoms with E-state index in [1.165, 1.54) is 19.2 Å². The van der Waals surface area contributed by atoms with Gasteiger partial charge in [-0.25, -0.2) is 4.79 Å². The normalized spacial score (nSPS) is 18.9. The quantitative estimate of drug-likeness (QED) is 0.661. The summed E-state index contributed by atoms with van der Waals surface area (Å²) in [5.41, 5.74) is 0.862. The second kappa shape index (κ2) is 5.40. The van der Waals surface area contributed by atoms with Crippen LogP contribution in [-0.2, 0) is 14.3 Å². The highest BCUT2D eigenvalue weighted by Crippen LogP contribution is 2.31. The predicted octanol–water partition coefficient (Wildman–Crippen LogP) is 1.65. The van der Waals surface area contributed by atoms with Crippen LogP contribution in [0.4, 0.5) is 0 Å². The van der Waals surface area contributed by atoms with E-state index < -0.39 is 11.9 Å². The lowest BCUT2D eigenvalue weighted by molar-refractivity contribution is -0.134. The lowest BCUT2D eigenvalue weighted by Gasteiger charge is -2.22. The minimum atomic E-state index is -0.519. The first-order valence-electron chi connectivity index (χ1n) is 5.74. The van der Waals surface area contributed by atoms with Gasteiger partial charge in [-0.3, -0.25) is 14.9 Å². The van der Waals surface area contributed by atoms with E-state index in [4.69, 9.17) is 11.6 Å². The van der Waals surface area contributed by atoms with Gasteiger partial charge < -0.3 is 4.74 Å². The van der Waals surface area contributed by atoms with Crippen LogP contribution < -0.4 is 5.32 Å². The number of carbonyl (C=O) groups is 3. The number of esters is 1. The first-order valence-corrected chi connectivity index (χ1v) is 6.12. The Kier molecular flexibility index (Phi) is 3.85. The molecule has 0 bridgehead atoms. The van der Waals surface area contributed by atoms with Gasteiger partial charge in [0.05, 0.1) is 18.6 Å². The summed E-state index contributed by atoms with van der Waals surface area (Å²) in [5, 5.41) is 2.66. The fourth-order valence-corrected chi connectivity index (χ4v) is 2.30. The van der Waals surface area contributed by atoms with Crippen molar-refractivity contribution >= 4 is 29.4 Å². The van der Waals surface area contributed by atoms with Gasteiger partial charge in [0.15, 0.2) is 0 Å². The van der Waals surface area contributed by atoms with Crippen molar-refractivity contribution in [1.82, 2.24) is 5.32 Å². The third kappa shape index (κ3) is 2.76. The Morgan fingerprint density at radius 1 is 1.42 bits per heavy atom. The number of methoxy groups -OCH3 is 1. The van der Waals surface area contributed by atoms with Gasteiger partial charge in [0.2, 0.25) is 11.8 Å². The molecule has 2 rings (SSSR count). The molecular weight excluding hydrogens is 270 g/mol. The molecule has 2 amide bonds. The maximum Gasteiger partial charge on any atom is 0.337 e. The second-order valence-electron chi connectivity index (χ2n) is 4.23. The summed E-state index contributed by atoms with van der Waals surface area (Å²) in [4.78, 5) is 34.4. The van der Waals surface area contributed by atoms with E-state index in [2.05, 4.69) is 10.1 Å². The van der Waals surface area contributed by atoms with Crippen molar-refractivity contribution in [2.24, 2.45) is 0 Å². The topological polar surface area (TPSA) is 72.5 Å². The average Bonchev–Trinajstić information content (AvgIpc) is 2.39. The number of ether oxygens (including phenoxy) is 1. The Hall–Kier alpha value is -1.88. The molecule has 0 radical (unpaired) electrons. The molecule has 0 aromatic heterocycles. The summed E-state index contributed by atoms with van der Waals surface area (Å²) in [6.07, 6.45) is 0.643. The van der Waals surface area contributed by atoms with E-state index in [1.807, 2.05) is 0 Å². The summed E-state index contributed by atoms with van der Waals surface area (Å²) >= 11 is 6.06. The number of rotatable bonds is 2. The maximum absolute atomic E-state index is 11.8. The van der Waals surface area contributed by atoms with Crippen LogP contribution in [0.2, 0.25) is 5.02 Å². The zero-order valence-corrected chi connectivity index (χ0v) is 11.0. The largest absolute Gasteiger partial charge is 0.465 e. The zero-order valence-electron chi connectivity index (χ0n) is 10.2. The molecule has 5 nitrogen and oxygen atoms in total. The van der Waals surface area contributed by atoms with Gasteiger partial charge in [-0.15, -0.1) is 0 Å². The van der Waals surface area contributed by atoms with Crippen molar-refractivity contribution < 1.29 is 19.1 Å². The van der Waals surface area contributed by atoms with Crippen molar-refractivity contribution in [2.75, 3.05) is 7.11 Å². The number of piperidine rings is 1. The summed E-state index contributed by atoms with van der Waals surface area (Å²) < 4.78 is 4.63. The molecular formula is C13H12ClNO4. The lowest BCUT2D eigenvalue weighted by atomic mass is 9.89. The molecule has 1 unspecified atom stereocenters. The molecule has 1 N–H and O–H groups in total. The van der Waals surface area contributed by atoms with Crippen molar-refractivity contribution in [2.45, 2.75) is 18.8 Å². The molecule has 1 aliphatic rings. The zero-order chi connectivity index (χ0) is 14.0. The Bertz CT molecular complexity index is 556. The van der Waals surface area contributed by atoms with E-state index in [-0.39, 0.29) is 18.2 Å². The van der Waals surface area contributed by atoms with Gasteiger partial charge in [0.1, 0.15) is 0 Å². The molecule has 100 valence electrons. The van der Waals surface area contributed by atoms with Gasteiger partial charge in [0, 0.05) is 11.4 Å². The van der Waals surface area contributed by atoms with Crippen LogP contribution in [0.15, 0.2) is 18.2 Å². The van der Waals surface area contributed by atoms with Gasteiger partial charge in [-0.05, 0) is 30.2 Å². The minimum absolute atomic E-state index is 0.259. The Morgan fingerprint density at radius 3 is 2.79 bits per heavy atom. The number of halogens is 1. The van der Waals surface area contributed by atoms with E-state index in [0.29, 0.717) is 22.6 Å². The van der Waals surface area contributed by atoms with Gasteiger partial charge in [-0.2, -0.15) is 0 Å². The number of hydrogen-bond donors (Lipinski definition) is 1. The third-order valence-electron chi connectivity index (χ3n) is 3.03. The molecule has 1 atom stereocenters. The molecule has 0 saturated carbocycles. The highest BCUT2D eigenvalue weighted by molar-refractivity contribution is 6.31. The van der Waals surface area contributed by atoms with Crippen LogP contribution in [-0.4, -0.2) is 24.9 Å². The summed E-state index contributed by atoms with van der Waals surface area (Å²) in [6, 6.07) is 4.62. The lowest BCUT2D eigenvalue weighted by Crippen LogP contribution is -2.39. The van der Waals surface area contributed by atoms with Crippen molar-refractivity contribution in [3.05, 3.63) is 34.3 Å². The molecule has 1 heterocycles. The van der Waals surface area contributed by atoms with Crippen LogP contribution in [0.3, 0.4) is 0 Å². The van der Waals surface area contributed by atoms with Gasteiger partial charge in [-0.1, -0.05) is 11.6 Å². The van der Waals surface area contributed by atoms with Crippen LogP contribution in [0.5, 0.6) is 0 Å². The first-order chi connectivity index (χ1) is 9.02. The standard InChI is InChI=1S/C13H12ClNO4/c1-19-13(18)7-2-4-10(14)9(6-7)8-3-5-11(16)15-12(8)17/h2,4,6,8H,3,5H2,1H3,(H,15,16,17). The molecule has 6 heteroatoms. The molecule has 1 aromatic carbocycles.